The summed E-state index contributed by atoms with van der Waals surface area (Å²) in [6.45, 7) is 5.89. The molecule has 0 saturated carbocycles. The molecule has 6 atom stereocenters. The molecule has 3 N–H and O–H groups in total. The summed E-state index contributed by atoms with van der Waals surface area (Å²) < 4.78 is 28.6. The van der Waals surface area contributed by atoms with E-state index in [0.29, 0.717) is 19.3 Å². The first-order valence-corrected chi connectivity index (χ1v) is 34.9. The lowest BCUT2D eigenvalue weighted by Gasteiger charge is -2.40. The zero-order chi connectivity index (χ0) is 61.7. The average Bonchev–Trinajstić information content (AvgIpc) is 3.53. The van der Waals surface area contributed by atoms with E-state index in [-0.39, 0.29) is 25.9 Å². The fraction of sp³-hybridized carbons (Fsp3) is 0.781. The van der Waals surface area contributed by atoms with Gasteiger partial charge in [-0.1, -0.05) is 280 Å². The van der Waals surface area contributed by atoms with Crippen LogP contribution < -0.4 is 0 Å². The number of aliphatic hydroxyl groups is 2. The summed E-state index contributed by atoms with van der Waals surface area (Å²) in [6, 6.07) is 0. The van der Waals surface area contributed by atoms with Crippen LogP contribution in [0.25, 0.3) is 0 Å². The fourth-order valence-corrected chi connectivity index (χ4v) is 10.5. The number of carboxylic acid groups (broad SMARTS) is 1. The summed E-state index contributed by atoms with van der Waals surface area (Å²) in [5.74, 6) is -3.13. The second-order valence-electron chi connectivity index (χ2n) is 23.8. The molecule has 0 aromatic carbocycles. The summed E-state index contributed by atoms with van der Waals surface area (Å²) in [7, 11) is 0. The minimum absolute atomic E-state index is 0.0605. The van der Waals surface area contributed by atoms with E-state index in [4.69, 9.17) is 23.7 Å². The zero-order valence-corrected chi connectivity index (χ0v) is 54.3. The van der Waals surface area contributed by atoms with Crippen molar-refractivity contribution < 1.29 is 58.2 Å². The Hall–Kier alpha value is -3.84. The quantitative estimate of drug-likeness (QED) is 0.0228. The second kappa shape index (κ2) is 60.4. The third kappa shape index (κ3) is 49.8. The van der Waals surface area contributed by atoms with Gasteiger partial charge in [-0.3, -0.25) is 14.4 Å². The van der Waals surface area contributed by atoms with Gasteiger partial charge in [0, 0.05) is 19.3 Å². The summed E-state index contributed by atoms with van der Waals surface area (Å²) in [5.41, 5.74) is 0. The number of carbonyl (C=O) groups excluding carboxylic acids is 3. The first kappa shape index (κ1) is 79.2. The average molecular weight is 1200 g/mol. The van der Waals surface area contributed by atoms with Gasteiger partial charge in [-0.15, -0.1) is 0 Å². The first-order valence-electron chi connectivity index (χ1n) is 34.9. The largest absolute Gasteiger partial charge is 0.479 e. The summed E-state index contributed by atoms with van der Waals surface area (Å²) in [4.78, 5) is 51.5. The van der Waals surface area contributed by atoms with Crippen LogP contribution in [0, 0.1) is 0 Å². The maximum absolute atomic E-state index is 13.2. The molecule has 1 fully saturated rings. The number of carboxylic acids is 1. The molecule has 490 valence electrons. The Kier molecular flexibility index (Phi) is 56.3. The summed E-state index contributed by atoms with van der Waals surface area (Å²) in [6.07, 6.45) is 65.6. The van der Waals surface area contributed by atoms with Crippen molar-refractivity contribution in [1.82, 2.24) is 0 Å². The lowest BCUT2D eigenvalue weighted by atomic mass is 9.98. The number of aliphatic hydroxyl groups excluding tert-OH is 2. The van der Waals surface area contributed by atoms with Crippen LogP contribution in [0.5, 0.6) is 0 Å². The predicted molar refractivity (Wildman–Crippen MR) is 349 cm³/mol. The molecule has 12 nitrogen and oxygen atoms in total. The Morgan fingerprint density at radius 1 is 0.400 bits per heavy atom. The highest BCUT2D eigenvalue weighted by Gasteiger charge is 2.50. The number of unbranched alkanes of at least 4 members (excludes halogenated alkanes) is 34. The minimum Gasteiger partial charge on any atom is -0.479 e. The van der Waals surface area contributed by atoms with E-state index in [1.165, 1.54) is 116 Å². The van der Waals surface area contributed by atoms with Gasteiger partial charge in [0.15, 0.2) is 24.6 Å². The van der Waals surface area contributed by atoms with Crippen molar-refractivity contribution in [2.75, 3.05) is 13.2 Å². The smallest absolute Gasteiger partial charge is 0.335 e. The number of ether oxygens (including phenoxy) is 5. The van der Waals surface area contributed by atoms with Crippen molar-refractivity contribution in [3.05, 3.63) is 72.9 Å². The third-order valence-corrected chi connectivity index (χ3v) is 15.8. The van der Waals surface area contributed by atoms with E-state index in [2.05, 4.69) is 93.7 Å². The van der Waals surface area contributed by atoms with Crippen molar-refractivity contribution in [3.8, 4) is 0 Å². The number of hydrogen-bond acceptors (Lipinski definition) is 11. The molecule has 1 saturated heterocycles. The molecule has 0 aliphatic carbocycles. The maximum atomic E-state index is 13.2. The Labute approximate surface area is 518 Å². The van der Waals surface area contributed by atoms with Crippen molar-refractivity contribution in [2.24, 2.45) is 0 Å². The van der Waals surface area contributed by atoms with E-state index in [1.54, 1.807) is 0 Å². The van der Waals surface area contributed by atoms with Crippen LogP contribution in [0.15, 0.2) is 72.9 Å². The molecule has 12 heteroatoms. The molecule has 0 spiro atoms. The molecule has 1 aliphatic rings. The minimum atomic E-state index is -1.91. The van der Waals surface area contributed by atoms with Gasteiger partial charge in [-0.05, 0) is 89.9 Å². The van der Waals surface area contributed by atoms with E-state index < -0.39 is 67.3 Å². The normalized spacial score (nSPS) is 17.9. The van der Waals surface area contributed by atoms with Gasteiger partial charge in [0.25, 0.3) is 0 Å². The third-order valence-electron chi connectivity index (χ3n) is 15.8. The molecule has 0 bridgehead atoms. The number of esters is 3. The van der Waals surface area contributed by atoms with Crippen LogP contribution in [-0.4, -0.2) is 89.2 Å². The van der Waals surface area contributed by atoms with E-state index in [9.17, 15) is 34.5 Å². The standard InChI is InChI=1S/C73H126O12/c1-4-7-10-13-16-19-22-25-28-31-33-36-38-41-44-47-50-53-56-59-65(74)81-62-64(83-66(75)60-57-54-51-48-45-42-39-35-30-27-24-21-18-15-12-9-6-3)63-82-73-71(69(78)68(77)70(85-73)72(79)80)84-67(76)61-58-55-52-49-46-43-40-37-34-32-29-26-23-20-17-14-11-8-5-2/h9,12,16,18-19,21,25,27-28,30,33,36,64,68-71,73,77-78H,4-8,10-11,13-15,17,20,22-24,26,29,31-32,34-35,37-63H2,1-3H3,(H,79,80)/b12-9-,19-16-,21-18-,28-25-,30-27-,36-33-. The fourth-order valence-electron chi connectivity index (χ4n) is 10.5. The summed E-state index contributed by atoms with van der Waals surface area (Å²) >= 11 is 0. The number of aliphatic carboxylic acids is 1. The van der Waals surface area contributed by atoms with Crippen LogP contribution in [0.1, 0.15) is 316 Å². The summed E-state index contributed by atoms with van der Waals surface area (Å²) in [5, 5.41) is 31.7. The number of carbonyl (C=O) groups is 4. The van der Waals surface area contributed by atoms with Crippen molar-refractivity contribution >= 4 is 23.9 Å². The van der Waals surface area contributed by atoms with Crippen LogP contribution >= 0.6 is 0 Å². The van der Waals surface area contributed by atoms with Crippen LogP contribution in [0.4, 0.5) is 0 Å². The van der Waals surface area contributed by atoms with E-state index >= 15 is 0 Å². The van der Waals surface area contributed by atoms with Crippen LogP contribution in [0.2, 0.25) is 0 Å². The van der Waals surface area contributed by atoms with Crippen molar-refractivity contribution in [3.63, 3.8) is 0 Å². The van der Waals surface area contributed by atoms with Gasteiger partial charge in [-0.2, -0.15) is 0 Å². The van der Waals surface area contributed by atoms with Gasteiger partial charge in [0.05, 0.1) is 6.61 Å². The molecule has 0 aromatic rings. The molecule has 85 heavy (non-hydrogen) atoms. The molecule has 6 unspecified atom stereocenters. The first-order chi connectivity index (χ1) is 41.6. The van der Waals surface area contributed by atoms with Crippen molar-refractivity contribution in [1.29, 1.82) is 0 Å². The van der Waals surface area contributed by atoms with E-state index in [1.807, 2.05) is 0 Å². The highest BCUT2D eigenvalue weighted by atomic mass is 16.7. The van der Waals surface area contributed by atoms with Crippen LogP contribution in [0.3, 0.4) is 0 Å². The number of rotatable bonds is 60. The highest BCUT2D eigenvalue weighted by Crippen LogP contribution is 2.27. The Balaban J connectivity index is 2.64. The number of allylic oxidation sites excluding steroid dienone is 12. The molecule has 1 aliphatic heterocycles. The molecule has 0 amide bonds. The molecule has 0 radical (unpaired) electrons. The van der Waals surface area contributed by atoms with Crippen LogP contribution in [-0.2, 0) is 42.9 Å². The van der Waals surface area contributed by atoms with Gasteiger partial charge >= 0.3 is 23.9 Å². The number of hydrogen-bond donors (Lipinski definition) is 3. The zero-order valence-electron chi connectivity index (χ0n) is 54.3. The Morgan fingerprint density at radius 2 is 0.741 bits per heavy atom. The van der Waals surface area contributed by atoms with Gasteiger partial charge in [0.2, 0.25) is 0 Å². The lowest BCUT2D eigenvalue weighted by Crippen LogP contribution is -2.61. The molecule has 1 rings (SSSR count). The predicted octanol–water partition coefficient (Wildman–Crippen LogP) is 19.2. The van der Waals surface area contributed by atoms with Gasteiger partial charge < -0.3 is 39.0 Å². The van der Waals surface area contributed by atoms with E-state index in [0.717, 1.165) is 141 Å². The van der Waals surface area contributed by atoms with Gasteiger partial charge in [-0.25, -0.2) is 4.79 Å². The molecule has 1 heterocycles. The Morgan fingerprint density at radius 3 is 1.15 bits per heavy atom. The second-order valence-corrected chi connectivity index (χ2v) is 23.8. The monoisotopic (exact) mass is 1190 g/mol. The van der Waals surface area contributed by atoms with Gasteiger partial charge in [0.1, 0.15) is 18.8 Å². The SMILES string of the molecule is CC/C=C\C/C=C\C/C=C\CCCCCCCCCC(=O)OC(COC(=O)CCCCCCCC/C=C\C/C=C\C/C=C\CCCCC)COC1OC(C(=O)O)C(O)C(O)C1OC(=O)CCCCCCCCCCCCCCCCCCCCC. The topological polar surface area (TPSA) is 175 Å². The van der Waals surface area contributed by atoms with Crippen molar-refractivity contribution in [2.45, 2.75) is 353 Å². The molecular formula is C73H126O12. The lowest BCUT2D eigenvalue weighted by molar-refractivity contribution is -0.301. The Bertz CT molecular complexity index is 1750. The highest BCUT2D eigenvalue weighted by molar-refractivity contribution is 5.74. The molecule has 0 aromatic heterocycles. The maximum Gasteiger partial charge on any atom is 0.335 e. The molecular weight excluding hydrogens is 1070 g/mol.